The Morgan fingerprint density at radius 2 is 2.07 bits per heavy atom. The van der Waals surface area contributed by atoms with Gasteiger partial charge in [0.1, 0.15) is 11.3 Å². The predicted octanol–water partition coefficient (Wildman–Crippen LogP) is 2.49. The zero-order chi connectivity index (χ0) is 20.9. The van der Waals surface area contributed by atoms with Gasteiger partial charge in [-0.15, -0.1) is 0 Å². The summed E-state index contributed by atoms with van der Waals surface area (Å²) in [5, 5.41) is 6.33. The molecular weight excluding hydrogens is 379 g/mol. The molecule has 2 aliphatic heterocycles. The van der Waals surface area contributed by atoms with E-state index in [0.717, 1.165) is 37.1 Å². The monoisotopic (exact) mass is 405 g/mol. The van der Waals surface area contributed by atoms with Crippen LogP contribution in [-0.4, -0.2) is 31.9 Å². The second-order valence-electron chi connectivity index (χ2n) is 7.80. The van der Waals surface area contributed by atoms with Gasteiger partial charge in [-0.2, -0.15) is 0 Å². The van der Waals surface area contributed by atoms with Crippen molar-refractivity contribution < 1.29 is 19.0 Å². The number of hydrogen-bond donors (Lipinski definition) is 2. The SMILES string of the molecule is CCCCOC(=O)c1cccc2c1O[B]C(NC(=O)Cc1ccc3c(c1)CNC3)C2. The van der Waals surface area contributed by atoms with Gasteiger partial charge < -0.3 is 20.0 Å². The third kappa shape index (κ3) is 4.67. The standard InChI is InChI=1S/C23H26BN2O4/c1-2-3-9-29-23(28)19-6-4-5-16-12-20(24-30-22(16)19)26-21(27)11-15-7-8-17-13-25-14-18(17)10-15/h4-8,10,20,25H,2-3,9,11-14H2,1H3,(H,26,27). The fourth-order valence-electron chi connectivity index (χ4n) is 3.85. The van der Waals surface area contributed by atoms with Crippen molar-refractivity contribution in [1.82, 2.24) is 10.6 Å². The molecule has 0 aromatic heterocycles. The van der Waals surface area contributed by atoms with Gasteiger partial charge in [-0.25, -0.2) is 4.79 Å². The van der Waals surface area contributed by atoms with Crippen molar-refractivity contribution in [3.8, 4) is 5.75 Å². The minimum Gasteiger partial charge on any atom is -0.560 e. The summed E-state index contributed by atoms with van der Waals surface area (Å²) in [6.07, 6.45) is 2.70. The summed E-state index contributed by atoms with van der Waals surface area (Å²) in [7, 11) is 1.59. The molecule has 2 aromatic carbocycles. The average Bonchev–Trinajstić information content (AvgIpc) is 3.21. The number of para-hydroxylation sites is 1. The summed E-state index contributed by atoms with van der Waals surface area (Å²) in [5.74, 6) is -0.144. The lowest BCUT2D eigenvalue weighted by Crippen LogP contribution is -2.45. The maximum absolute atomic E-state index is 12.5. The molecule has 2 aliphatic rings. The molecule has 0 bridgehead atoms. The van der Waals surface area contributed by atoms with Crippen LogP contribution in [0.1, 0.15) is 52.4 Å². The number of hydrogen-bond acceptors (Lipinski definition) is 5. The normalized spacial score (nSPS) is 16.6. The summed E-state index contributed by atoms with van der Waals surface area (Å²) in [6.45, 7) is 4.20. The first-order chi connectivity index (χ1) is 14.6. The highest BCUT2D eigenvalue weighted by Crippen LogP contribution is 2.29. The van der Waals surface area contributed by atoms with E-state index in [2.05, 4.69) is 22.8 Å². The van der Waals surface area contributed by atoms with Crippen LogP contribution >= 0.6 is 0 Å². The number of ether oxygens (including phenoxy) is 1. The minimum atomic E-state index is -0.373. The number of benzene rings is 2. The van der Waals surface area contributed by atoms with Crippen LogP contribution in [0.5, 0.6) is 5.75 Å². The lowest BCUT2D eigenvalue weighted by atomic mass is 9.79. The molecule has 1 unspecified atom stereocenters. The highest BCUT2D eigenvalue weighted by molar-refractivity contribution is 6.32. The fraction of sp³-hybridized carbons (Fsp3) is 0.391. The Kier molecular flexibility index (Phi) is 6.38. The van der Waals surface area contributed by atoms with E-state index in [4.69, 9.17) is 9.39 Å². The zero-order valence-corrected chi connectivity index (χ0v) is 17.2. The van der Waals surface area contributed by atoms with Gasteiger partial charge in [-0.05, 0) is 41.2 Å². The van der Waals surface area contributed by atoms with Crippen molar-refractivity contribution in [2.24, 2.45) is 0 Å². The van der Waals surface area contributed by atoms with E-state index in [1.807, 2.05) is 25.1 Å². The maximum atomic E-state index is 12.5. The van der Waals surface area contributed by atoms with E-state index in [1.165, 1.54) is 11.1 Å². The van der Waals surface area contributed by atoms with Gasteiger partial charge in [-0.1, -0.05) is 43.7 Å². The van der Waals surface area contributed by atoms with Crippen molar-refractivity contribution in [3.05, 3.63) is 64.2 Å². The number of rotatable bonds is 7. The Balaban J connectivity index is 1.35. The van der Waals surface area contributed by atoms with Crippen LogP contribution in [0, 0.1) is 0 Å². The van der Waals surface area contributed by atoms with Gasteiger partial charge in [0.2, 0.25) is 5.91 Å². The van der Waals surface area contributed by atoms with Crippen molar-refractivity contribution in [2.45, 2.75) is 51.6 Å². The Labute approximate surface area is 177 Å². The third-order valence-corrected chi connectivity index (χ3v) is 5.45. The molecule has 2 heterocycles. The number of fused-ring (bicyclic) bond motifs is 2. The second-order valence-corrected chi connectivity index (χ2v) is 7.80. The van der Waals surface area contributed by atoms with Crippen molar-refractivity contribution in [3.63, 3.8) is 0 Å². The first kappa shape index (κ1) is 20.5. The lowest BCUT2D eigenvalue weighted by molar-refractivity contribution is -0.120. The first-order valence-corrected chi connectivity index (χ1v) is 10.5. The Hall–Kier alpha value is -2.80. The van der Waals surface area contributed by atoms with Crippen LogP contribution in [0.3, 0.4) is 0 Å². The fourth-order valence-corrected chi connectivity index (χ4v) is 3.85. The molecule has 2 N–H and O–H groups in total. The lowest BCUT2D eigenvalue weighted by Gasteiger charge is -2.26. The summed E-state index contributed by atoms with van der Waals surface area (Å²) in [4.78, 5) is 24.9. The zero-order valence-electron chi connectivity index (χ0n) is 17.2. The van der Waals surface area contributed by atoms with Gasteiger partial charge in [0, 0.05) is 19.0 Å². The molecule has 1 atom stereocenters. The molecule has 30 heavy (non-hydrogen) atoms. The number of esters is 1. The second kappa shape index (κ2) is 9.35. The first-order valence-electron chi connectivity index (χ1n) is 10.5. The number of unbranched alkanes of at least 4 members (excludes halogenated alkanes) is 1. The number of amides is 1. The van der Waals surface area contributed by atoms with E-state index < -0.39 is 0 Å². The van der Waals surface area contributed by atoms with Crippen LogP contribution in [0.25, 0.3) is 0 Å². The van der Waals surface area contributed by atoms with Crippen molar-refractivity contribution in [2.75, 3.05) is 6.61 Å². The van der Waals surface area contributed by atoms with Crippen molar-refractivity contribution in [1.29, 1.82) is 0 Å². The van der Waals surface area contributed by atoms with Gasteiger partial charge in [0.05, 0.1) is 13.0 Å². The van der Waals surface area contributed by atoms with Gasteiger partial charge in [-0.3, -0.25) is 4.79 Å². The topological polar surface area (TPSA) is 76.7 Å². The van der Waals surface area contributed by atoms with E-state index >= 15 is 0 Å². The molecule has 0 spiro atoms. The van der Waals surface area contributed by atoms with Crippen LogP contribution in [0.4, 0.5) is 0 Å². The largest absolute Gasteiger partial charge is 0.560 e. The molecule has 6 nitrogen and oxygen atoms in total. The minimum absolute atomic E-state index is 0.0515. The molecule has 4 rings (SSSR count). The van der Waals surface area contributed by atoms with E-state index in [-0.39, 0.29) is 17.8 Å². The maximum Gasteiger partial charge on any atom is 0.394 e. The molecule has 1 radical (unpaired) electrons. The molecule has 0 fully saturated rings. The smallest absolute Gasteiger partial charge is 0.394 e. The highest BCUT2D eigenvalue weighted by Gasteiger charge is 2.28. The third-order valence-electron chi connectivity index (χ3n) is 5.45. The molecule has 7 heteroatoms. The van der Waals surface area contributed by atoms with Crippen LogP contribution in [0.15, 0.2) is 36.4 Å². The molecule has 1 amide bonds. The summed E-state index contributed by atoms with van der Waals surface area (Å²) < 4.78 is 11.1. The molecule has 0 saturated heterocycles. The predicted molar refractivity (Wildman–Crippen MR) is 114 cm³/mol. The number of nitrogens with one attached hydrogen (secondary N) is 2. The molecule has 2 aromatic rings. The molecular formula is C23H26BN2O4. The summed E-state index contributed by atoms with van der Waals surface area (Å²) >= 11 is 0. The van der Waals surface area contributed by atoms with Crippen molar-refractivity contribution >= 4 is 19.4 Å². The van der Waals surface area contributed by atoms with E-state index in [1.54, 1.807) is 13.5 Å². The summed E-state index contributed by atoms with van der Waals surface area (Å²) in [6, 6.07) is 11.6. The Morgan fingerprint density at radius 1 is 1.20 bits per heavy atom. The van der Waals surface area contributed by atoms with Gasteiger partial charge in [0.25, 0.3) is 0 Å². The summed E-state index contributed by atoms with van der Waals surface area (Å²) in [5.41, 5.74) is 4.88. The Morgan fingerprint density at radius 3 is 2.93 bits per heavy atom. The Bertz CT molecular complexity index is 947. The number of carbonyl (C=O) groups excluding carboxylic acids is 2. The quantitative estimate of drug-likeness (QED) is 0.421. The van der Waals surface area contributed by atoms with Crippen LogP contribution in [0.2, 0.25) is 0 Å². The van der Waals surface area contributed by atoms with E-state index in [0.29, 0.717) is 30.8 Å². The van der Waals surface area contributed by atoms with E-state index in [9.17, 15) is 9.59 Å². The molecule has 0 saturated carbocycles. The number of carbonyl (C=O) groups is 2. The highest BCUT2D eigenvalue weighted by atomic mass is 16.5. The molecule has 0 aliphatic carbocycles. The van der Waals surface area contributed by atoms with Crippen LogP contribution in [-0.2, 0) is 35.5 Å². The average molecular weight is 405 g/mol. The molecule has 155 valence electrons. The van der Waals surface area contributed by atoms with Gasteiger partial charge in [0.15, 0.2) is 0 Å². The van der Waals surface area contributed by atoms with Gasteiger partial charge >= 0.3 is 13.5 Å². The van der Waals surface area contributed by atoms with Crippen LogP contribution < -0.4 is 15.3 Å².